The van der Waals surface area contributed by atoms with E-state index < -0.39 is 0 Å². The molecule has 246 valence electrons. The highest BCUT2D eigenvalue weighted by atomic mass is 16.3. The lowest BCUT2D eigenvalue weighted by atomic mass is 9.94. The molecule has 0 saturated heterocycles. The van der Waals surface area contributed by atoms with E-state index in [0.717, 1.165) is 60.5 Å². The lowest BCUT2D eigenvalue weighted by molar-refractivity contribution is 0.669. The topological polar surface area (TPSA) is 51.8 Å². The Bertz CT molecular complexity index is 3240. The van der Waals surface area contributed by atoms with Gasteiger partial charge < -0.3 is 4.42 Å². The third-order valence-corrected chi connectivity index (χ3v) is 10.5. The number of fused-ring (bicyclic) bond motifs is 9. The third kappa shape index (κ3) is 4.73. The Labute approximate surface area is 304 Å². The number of furan rings is 1. The van der Waals surface area contributed by atoms with Gasteiger partial charge >= 0.3 is 0 Å². The number of nitrogens with zero attached hydrogens (tertiary/aromatic N) is 3. The standard InChI is InChI=1S/C49H29N3O/c1-2-13-32(14-3-1)47-50-48(52-49(51-47)42-29-33-15-5-7-17-36(33)38-18-8-9-19-39(38)42)40-21-11-23-44-46(40)45-37(20-10-22-43(45)53-44)34-27-26-31-25-24-30-12-4-6-16-35(30)41(31)28-34/h1-29H. The molecule has 0 unspecified atom stereocenters. The van der Waals surface area contributed by atoms with Gasteiger partial charge in [-0.15, -0.1) is 0 Å². The molecule has 0 spiro atoms. The van der Waals surface area contributed by atoms with Gasteiger partial charge in [0.1, 0.15) is 11.2 Å². The van der Waals surface area contributed by atoms with E-state index in [1.54, 1.807) is 0 Å². The summed E-state index contributed by atoms with van der Waals surface area (Å²) in [5, 5.41) is 11.5. The minimum absolute atomic E-state index is 0.596. The molecule has 0 saturated carbocycles. The fraction of sp³-hybridized carbons (Fsp3) is 0. The van der Waals surface area contributed by atoms with Gasteiger partial charge in [-0.3, -0.25) is 0 Å². The van der Waals surface area contributed by atoms with E-state index in [2.05, 4.69) is 146 Å². The molecule has 0 aliphatic carbocycles. The zero-order valence-electron chi connectivity index (χ0n) is 28.5. The van der Waals surface area contributed by atoms with Crippen LogP contribution in [-0.4, -0.2) is 15.0 Å². The van der Waals surface area contributed by atoms with E-state index in [0.29, 0.717) is 17.5 Å². The van der Waals surface area contributed by atoms with Crippen molar-refractivity contribution in [2.24, 2.45) is 0 Å². The van der Waals surface area contributed by atoms with Crippen molar-refractivity contribution in [3.8, 4) is 45.3 Å². The molecule has 0 atom stereocenters. The van der Waals surface area contributed by atoms with Crippen LogP contribution in [0.1, 0.15) is 0 Å². The molecular formula is C49H29N3O. The molecule has 0 N–H and O–H groups in total. The summed E-state index contributed by atoms with van der Waals surface area (Å²) in [5.41, 5.74) is 6.62. The first-order chi connectivity index (χ1) is 26.3. The summed E-state index contributed by atoms with van der Waals surface area (Å²) in [6.45, 7) is 0. The molecule has 0 aliphatic heterocycles. The Kier molecular flexibility index (Phi) is 6.52. The second-order valence-corrected chi connectivity index (χ2v) is 13.5. The van der Waals surface area contributed by atoms with Gasteiger partial charge in [-0.2, -0.15) is 0 Å². The molecule has 4 heteroatoms. The Morgan fingerprint density at radius 3 is 1.62 bits per heavy atom. The van der Waals surface area contributed by atoms with E-state index in [1.807, 2.05) is 30.3 Å². The molecule has 11 aromatic rings. The van der Waals surface area contributed by atoms with Crippen molar-refractivity contribution in [1.82, 2.24) is 15.0 Å². The predicted molar refractivity (Wildman–Crippen MR) is 219 cm³/mol. The largest absolute Gasteiger partial charge is 0.456 e. The monoisotopic (exact) mass is 675 g/mol. The van der Waals surface area contributed by atoms with E-state index in [9.17, 15) is 0 Å². The van der Waals surface area contributed by atoms with Gasteiger partial charge in [0, 0.05) is 27.5 Å². The molecule has 53 heavy (non-hydrogen) atoms. The summed E-state index contributed by atoms with van der Waals surface area (Å²) in [4.78, 5) is 15.7. The van der Waals surface area contributed by atoms with E-state index in [4.69, 9.17) is 19.4 Å². The molecule has 9 aromatic carbocycles. The van der Waals surface area contributed by atoms with Crippen LogP contribution in [0, 0.1) is 0 Å². The second-order valence-electron chi connectivity index (χ2n) is 13.5. The smallest absolute Gasteiger partial charge is 0.164 e. The number of benzene rings is 9. The summed E-state index contributed by atoms with van der Waals surface area (Å²) >= 11 is 0. The number of rotatable bonds is 4. The average Bonchev–Trinajstić information content (AvgIpc) is 3.63. The Morgan fingerprint density at radius 2 is 0.849 bits per heavy atom. The van der Waals surface area contributed by atoms with Crippen molar-refractivity contribution >= 4 is 65.0 Å². The lowest BCUT2D eigenvalue weighted by Crippen LogP contribution is -2.01. The minimum atomic E-state index is 0.596. The fourth-order valence-corrected chi connectivity index (χ4v) is 8.04. The molecule has 2 aromatic heterocycles. The molecule has 0 bridgehead atoms. The van der Waals surface area contributed by atoms with Gasteiger partial charge in [0.15, 0.2) is 17.5 Å². The normalized spacial score (nSPS) is 11.8. The highest BCUT2D eigenvalue weighted by molar-refractivity contribution is 6.19. The van der Waals surface area contributed by atoms with Gasteiger partial charge in [0.25, 0.3) is 0 Å². The van der Waals surface area contributed by atoms with Gasteiger partial charge in [0.2, 0.25) is 0 Å². The van der Waals surface area contributed by atoms with Crippen LogP contribution in [0.2, 0.25) is 0 Å². The number of aromatic nitrogens is 3. The first-order valence-corrected chi connectivity index (χ1v) is 17.9. The van der Waals surface area contributed by atoms with Crippen LogP contribution in [0.15, 0.2) is 180 Å². The summed E-state index contributed by atoms with van der Waals surface area (Å²) in [7, 11) is 0. The minimum Gasteiger partial charge on any atom is -0.456 e. The predicted octanol–water partition coefficient (Wildman–Crippen LogP) is 13.1. The first-order valence-electron chi connectivity index (χ1n) is 17.9. The van der Waals surface area contributed by atoms with Crippen LogP contribution in [0.3, 0.4) is 0 Å². The van der Waals surface area contributed by atoms with Crippen molar-refractivity contribution in [2.45, 2.75) is 0 Å². The lowest BCUT2D eigenvalue weighted by Gasteiger charge is -2.13. The Hall–Kier alpha value is -7.17. The molecule has 11 rings (SSSR count). The van der Waals surface area contributed by atoms with Crippen LogP contribution >= 0.6 is 0 Å². The quantitative estimate of drug-likeness (QED) is 0.174. The maximum absolute atomic E-state index is 6.60. The summed E-state index contributed by atoms with van der Waals surface area (Å²) in [6, 6.07) is 61.6. The van der Waals surface area contributed by atoms with E-state index in [1.165, 1.54) is 32.3 Å². The molecule has 0 radical (unpaired) electrons. The zero-order chi connectivity index (χ0) is 34.9. The van der Waals surface area contributed by atoms with Crippen LogP contribution < -0.4 is 0 Å². The fourth-order valence-electron chi connectivity index (χ4n) is 8.04. The van der Waals surface area contributed by atoms with E-state index >= 15 is 0 Å². The number of hydrogen-bond donors (Lipinski definition) is 0. The van der Waals surface area contributed by atoms with Crippen LogP contribution in [0.25, 0.3) is 110 Å². The maximum Gasteiger partial charge on any atom is 0.164 e. The Balaban J connectivity index is 1.19. The molecule has 0 amide bonds. The highest BCUT2D eigenvalue weighted by Crippen LogP contribution is 2.43. The van der Waals surface area contributed by atoms with Gasteiger partial charge in [-0.05, 0) is 78.5 Å². The first kappa shape index (κ1) is 29.5. The van der Waals surface area contributed by atoms with E-state index in [-0.39, 0.29) is 0 Å². The average molecular weight is 676 g/mol. The second kappa shape index (κ2) is 11.7. The molecular weight excluding hydrogens is 647 g/mol. The SMILES string of the molecule is c1ccc(-c2nc(-c3cc4ccccc4c4ccccc34)nc(-c3cccc4oc5cccc(-c6ccc7ccc8ccccc8c7c6)c5c34)n2)cc1. The van der Waals surface area contributed by atoms with Crippen molar-refractivity contribution in [2.75, 3.05) is 0 Å². The van der Waals surface area contributed by atoms with Crippen molar-refractivity contribution < 1.29 is 4.42 Å². The van der Waals surface area contributed by atoms with Gasteiger partial charge in [-0.25, -0.2) is 15.0 Å². The summed E-state index contributed by atoms with van der Waals surface area (Å²) in [6.07, 6.45) is 0. The van der Waals surface area contributed by atoms with Crippen molar-refractivity contribution in [3.05, 3.63) is 176 Å². The van der Waals surface area contributed by atoms with Crippen LogP contribution in [0.4, 0.5) is 0 Å². The Morgan fingerprint density at radius 1 is 0.302 bits per heavy atom. The van der Waals surface area contributed by atoms with Crippen molar-refractivity contribution in [3.63, 3.8) is 0 Å². The van der Waals surface area contributed by atoms with Crippen molar-refractivity contribution in [1.29, 1.82) is 0 Å². The maximum atomic E-state index is 6.60. The summed E-state index contributed by atoms with van der Waals surface area (Å²) < 4.78 is 6.60. The third-order valence-electron chi connectivity index (χ3n) is 10.5. The molecule has 4 nitrogen and oxygen atoms in total. The molecule has 0 fully saturated rings. The molecule has 0 aliphatic rings. The highest BCUT2D eigenvalue weighted by Gasteiger charge is 2.21. The zero-order valence-corrected chi connectivity index (χ0v) is 28.5. The van der Waals surface area contributed by atoms with Gasteiger partial charge in [0.05, 0.1) is 0 Å². The summed E-state index contributed by atoms with van der Waals surface area (Å²) in [5.74, 6) is 1.84. The van der Waals surface area contributed by atoms with Gasteiger partial charge in [-0.1, -0.05) is 152 Å². The van der Waals surface area contributed by atoms with Crippen LogP contribution in [-0.2, 0) is 0 Å². The molecule has 2 heterocycles. The number of hydrogen-bond acceptors (Lipinski definition) is 4. The van der Waals surface area contributed by atoms with Crippen LogP contribution in [0.5, 0.6) is 0 Å².